The van der Waals surface area contributed by atoms with Crippen LogP contribution in [-0.2, 0) is 14.6 Å². The van der Waals surface area contributed by atoms with E-state index in [9.17, 15) is 13.2 Å². The Hall–Kier alpha value is -0.780. The minimum Gasteiger partial charge on any atom is -0.306 e. The highest BCUT2D eigenvalue weighted by Crippen LogP contribution is 2.40. The van der Waals surface area contributed by atoms with Gasteiger partial charge in [-0.1, -0.05) is 23.2 Å². The summed E-state index contributed by atoms with van der Waals surface area (Å²) in [5, 5.41) is 0.849. The van der Waals surface area contributed by atoms with Crippen LogP contribution in [0.1, 0.15) is 6.42 Å². The lowest BCUT2D eigenvalue weighted by Crippen LogP contribution is -2.36. The minimum absolute atomic E-state index is 0.0162. The molecule has 7 heteroatoms. The summed E-state index contributed by atoms with van der Waals surface area (Å²) in [4.78, 5) is 13.6. The van der Waals surface area contributed by atoms with Gasteiger partial charge in [-0.25, -0.2) is 8.42 Å². The van der Waals surface area contributed by atoms with Gasteiger partial charge in [0, 0.05) is 17.4 Å². The zero-order valence-electron chi connectivity index (χ0n) is 9.84. The van der Waals surface area contributed by atoms with Gasteiger partial charge >= 0.3 is 0 Å². The number of anilines is 1. The van der Waals surface area contributed by atoms with E-state index in [2.05, 4.69) is 0 Å². The van der Waals surface area contributed by atoms with Crippen LogP contribution in [0.2, 0.25) is 10.0 Å². The van der Waals surface area contributed by atoms with E-state index in [0.29, 0.717) is 15.7 Å². The SMILES string of the molecule is O=C1C[C@@H]2CS(=O)(=O)C[C@@H]2N1c1ccc(Cl)cc1Cl. The van der Waals surface area contributed by atoms with Crippen molar-refractivity contribution in [1.82, 2.24) is 0 Å². The summed E-state index contributed by atoms with van der Waals surface area (Å²) in [6.45, 7) is 0. The summed E-state index contributed by atoms with van der Waals surface area (Å²) in [6, 6.07) is 4.57. The van der Waals surface area contributed by atoms with Crippen LogP contribution in [-0.4, -0.2) is 31.9 Å². The van der Waals surface area contributed by atoms with Gasteiger partial charge in [-0.15, -0.1) is 0 Å². The number of fused-ring (bicyclic) bond motifs is 1. The lowest BCUT2D eigenvalue weighted by molar-refractivity contribution is -0.117. The average Bonchev–Trinajstić information content (AvgIpc) is 2.70. The highest BCUT2D eigenvalue weighted by molar-refractivity contribution is 7.91. The van der Waals surface area contributed by atoms with Gasteiger partial charge in [-0.05, 0) is 18.2 Å². The summed E-state index contributed by atoms with van der Waals surface area (Å²) < 4.78 is 23.3. The molecule has 1 amide bonds. The third kappa shape index (κ3) is 2.24. The average molecular weight is 320 g/mol. The van der Waals surface area contributed by atoms with Gasteiger partial charge in [-0.3, -0.25) is 4.79 Å². The molecular formula is C12H11Cl2NO3S. The molecule has 4 nitrogen and oxygen atoms in total. The van der Waals surface area contributed by atoms with Crippen molar-refractivity contribution in [2.45, 2.75) is 12.5 Å². The fourth-order valence-corrected chi connectivity index (χ4v) is 5.45. The second-order valence-electron chi connectivity index (χ2n) is 4.97. The van der Waals surface area contributed by atoms with Gasteiger partial charge in [0.05, 0.1) is 28.3 Å². The number of carbonyl (C=O) groups is 1. The normalized spacial score (nSPS) is 28.7. The van der Waals surface area contributed by atoms with Crippen LogP contribution in [0.3, 0.4) is 0 Å². The van der Waals surface area contributed by atoms with Crippen LogP contribution < -0.4 is 4.90 Å². The quantitative estimate of drug-likeness (QED) is 0.797. The Kier molecular flexibility index (Phi) is 3.04. The maximum absolute atomic E-state index is 12.1. The highest BCUT2D eigenvalue weighted by atomic mass is 35.5. The number of nitrogens with zero attached hydrogens (tertiary/aromatic N) is 1. The molecule has 0 spiro atoms. The Morgan fingerprint density at radius 2 is 1.95 bits per heavy atom. The third-order valence-electron chi connectivity index (χ3n) is 3.64. The van der Waals surface area contributed by atoms with Crippen molar-refractivity contribution in [3.05, 3.63) is 28.2 Å². The first-order valence-electron chi connectivity index (χ1n) is 5.85. The zero-order valence-corrected chi connectivity index (χ0v) is 12.2. The molecule has 0 unspecified atom stereocenters. The molecule has 2 aliphatic heterocycles. The van der Waals surface area contributed by atoms with Gasteiger partial charge < -0.3 is 4.90 Å². The number of carbonyl (C=O) groups excluding carboxylic acids is 1. The molecule has 0 bridgehead atoms. The molecule has 19 heavy (non-hydrogen) atoms. The number of rotatable bonds is 1. The van der Waals surface area contributed by atoms with Crippen LogP contribution in [0.25, 0.3) is 0 Å². The summed E-state index contributed by atoms with van der Waals surface area (Å²) in [5.74, 6) is -0.0913. The Balaban J connectivity index is 2.02. The van der Waals surface area contributed by atoms with Gasteiger partial charge in [-0.2, -0.15) is 0 Å². The second kappa shape index (κ2) is 4.36. The number of benzene rings is 1. The summed E-state index contributed by atoms with van der Waals surface area (Å²) >= 11 is 11.9. The molecule has 0 aromatic heterocycles. The van der Waals surface area contributed by atoms with Crippen LogP contribution in [0.4, 0.5) is 5.69 Å². The number of sulfone groups is 1. The number of hydrogen-bond acceptors (Lipinski definition) is 3. The third-order valence-corrected chi connectivity index (χ3v) is 5.97. The molecule has 0 aliphatic carbocycles. The molecular weight excluding hydrogens is 309 g/mol. The molecule has 2 aliphatic rings. The molecule has 2 atom stereocenters. The van der Waals surface area contributed by atoms with Crippen molar-refractivity contribution in [2.75, 3.05) is 16.4 Å². The van der Waals surface area contributed by atoms with Crippen LogP contribution >= 0.6 is 23.2 Å². The topological polar surface area (TPSA) is 54.5 Å². The fraction of sp³-hybridized carbons (Fsp3) is 0.417. The monoisotopic (exact) mass is 319 g/mol. The Bertz CT molecular complexity index is 659. The number of amides is 1. The maximum Gasteiger partial charge on any atom is 0.227 e. The van der Waals surface area contributed by atoms with E-state index < -0.39 is 9.84 Å². The van der Waals surface area contributed by atoms with Gasteiger partial charge in [0.25, 0.3) is 0 Å². The van der Waals surface area contributed by atoms with E-state index in [1.807, 2.05) is 0 Å². The van der Waals surface area contributed by atoms with Gasteiger partial charge in [0.2, 0.25) is 5.91 Å². The molecule has 3 rings (SSSR count). The highest BCUT2D eigenvalue weighted by Gasteiger charge is 2.49. The molecule has 0 radical (unpaired) electrons. The molecule has 1 aromatic carbocycles. The van der Waals surface area contributed by atoms with Crippen molar-refractivity contribution in [2.24, 2.45) is 5.92 Å². The Labute approximate surface area is 121 Å². The van der Waals surface area contributed by atoms with E-state index in [0.717, 1.165) is 0 Å². The largest absolute Gasteiger partial charge is 0.306 e. The van der Waals surface area contributed by atoms with Crippen molar-refractivity contribution in [1.29, 1.82) is 0 Å². The van der Waals surface area contributed by atoms with E-state index in [4.69, 9.17) is 23.2 Å². The van der Waals surface area contributed by atoms with Crippen LogP contribution in [0.5, 0.6) is 0 Å². The summed E-state index contributed by atoms with van der Waals surface area (Å²) in [6.07, 6.45) is 0.267. The first-order chi connectivity index (χ1) is 8.87. The van der Waals surface area contributed by atoms with Crippen molar-refractivity contribution in [3.8, 4) is 0 Å². The summed E-state index contributed by atoms with van der Waals surface area (Å²) in [5.41, 5.74) is 0.542. The molecule has 0 N–H and O–H groups in total. The molecule has 1 aromatic rings. The first-order valence-corrected chi connectivity index (χ1v) is 8.43. The first kappa shape index (κ1) is 13.2. The van der Waals surface area contributed by atoms with Gasteiger partial charge in [0.15, 0.2) is 9.84 Å². The lowest BCUT2D eigenvalue weighted by atomic mass is 10.0. The predicted molar refractivity (Wildman–Crippen MR) is 74.5 cm³/mol. The molecule has 2 fully saturated rings. The van der Waals surface area contributed by atoms with E-state index >= 15 is 0 Å². The van der Waals surface area contributed by atoms with E-state index in [-0.39, 0.29) is 35.8 Å². The van der Waals surface area contributed by atoms with Crippen LogP contribution in [0.15, 0.2) is 18.2 Å². The van der Waals surface area contributed by atoms with Crippen molar-refractivity contribution >= 4 is 44.6 Å². The second-order valence-corrected chi connectivity index (χ2v) is 7.97. The molecule has 2 heterocycles. The smallest absolute Gasteiger partial charge is 0.227 e. The van der Waals surface area contributed by atoms with Crippen LogP contribution in [0, 0.1) is 5.92 Å². The van der Waals surface area contributed by atoms with Crippen molar-refractivity contribution in [3.63, 3.8) is 0 Å². The number of halogens is 2. The van der Waals surface area contributed by atoms with E-state index in [1.165, 1.54) is 4.90 Å². The fourth-order valence-electron chi connectivity index (χ4n) is 2.88. The molecule has 0 saturated carbocycles. The van der Waals surface area contributed by atoms with Crippen molar-refractivity contribution < 1.29 is 13.2 Å². The maximum atomic E-state index is 12.1. The Morgan fingerprint density at radius 1 is 1.21 bits per heavy atom. The lowest BCUT2D eigenvalue weighted by Gasteiger charge is -2.24. The number of hydrogen-bond donors (Lipinski definition) is 0. The Morgan fingerprint density at radius 3 is 2.63 bits per heavy atom. The zero-order chi connectivity index (χ0) is 13.8. The standard InChI is InChI=1S/C12H11Cl2NO3S/c13-8-1-2-10(9(14)4-8)15-11-6-19(17,18)5-7(11)3-12(15)16/h1-2,4,7,11H,3,5-6H2/t7-,11+/m1/s1. The summed E-state index contributed by atoms with van der Waals surface area (Å²) in [7, 11) is -3.05. The molecule has 2 saturated heterocycles. The van der Waals surface area contributed by atoms with Gasteiger partial charge in [0.1, 0.15) is 0 Å². The minimum atomic E-state index is -3.05. The predicted octanol–water partition coefficient (Wildman–Crippen LogP) is 2.14. The van der Waals surface area contributed by atoms with E-state index in [1.54, 1.807) is 18.2 Å². The molecule has 102 valence electrons.